The molecule has 1 saturated carbocycles. The third-order valence-electron chi connectivity index (χ3n) is 3.90. The van der Waals surface area contributed by atoms with Gasteiger partial charge in [-0.05, 0) is 50.9 Å². The van der Waals surface area contributed by atoms with Gasteiger partial charge in [0.2, 0.25) is 0 Å². The zero-order valence-electron chi connectivity index (χ0n) is 10.8. The van der Waals surface area contributed by atoms with E-state index in [4.69, 9.17) is 20.5 Å². The van der Waals surface area contributed by atoms with E-state index in [-0.39, 0.29) is 5.00 Å². The fraction of sp³-hybridized carbons (Fsp3) is 0.846. The van der Waals surface area contributed by atoms with Crippen LogP contribution in [0.4, 0.5) is 0 Å². The summed E-state index contributed by atoms with van der Waals surface area (Å²) >= 11 is 6.51. The molecule has 0 amide bonds. The van der Waals surface area contributed by atoms with Crippen LogP contribution in [0.5, 0.6) is 0 Å². The third kappa shape index (κ3) is 3.34. The molecular formula is C13H23ClO2Si. The van der Waals surface area contributed by atoms with Crippen molar-refractivity contribution in [3.8, 4) is 0 Å². The van der Waals surface area contributed by atoms with E-state index in [1.807, 2.05) is 13.8 Å². The van der Waals surface area contributed by atoms with Gasteiger partial charge in [0, 0.05) is 13.2 Å². The first-order valence-electron chi connectivity index (χ1n) is 6.80. The molecule has 1 fully saturated rings. The Balaban J connectivity index is 1.82. The molecule has 0 aromatic carbocycles. The van der Waals surface area contributed by atoms with Crippen LogP contribution in [-0.4, -0.2) is 27.5 Å². The molecule has 2 rings (SSSR count). The lowest BCUT2D eigenvalue weighted by Crippen LogP contribution is -2.35. The van der Waals surface area contributed by atoms with Gasteiger partial charge in [0.05, 0.1) is 5.00 Å². The van der Waals surface area contributed by atoms with E-state index in [0.29, 0.717) is 0 Å². The fourth-order valence-corrected chi connectivity index (χ4v) is 5.56. The molecule has 4 unspecified atom stereocenters. The van der Waals surface area contributed by atoms with Crippen LogP contribution < -0.4 is 0 Å². The lowest BCUT2D eigenvalue weighted by molar-refractivity contribution is 0.207. The first-order chi connectivity index (χ1) is 8.24. The largest absolute Gasteiger partial charge is 0.396 e. The predicted octanol–water partition coefficient (Wildman–Crippen LogP) is 3.03. The van der Waals surface area contributed by atoms with Crippen molar-refractivity contribution in [3.05, 3.63) is 12.2 Å². The molecule has 0 radical (unpaired) electrons. The summed E-state index contributed by atoms with van der Waals surface area (Å²) in [6, 6.07) is 0. The average Bonchev–Trinajstić information content (AvgIpc) is 2.90. The number of alkyl halides is 1. The first kappa shape index (κ1) is 13.6. The summed E-state index contributed by atoms with van der Waals surface area (Å²) in [4.78, 5) is 0. The summed E-state index contributed by atoms with van der Waals surface area (Å²) in [5.41, 5.74) is 0. The molecule has 0 N–H and O–H groups in total. The van der Waals surface area contributed by atoms with E-state index in [9.17, 15) is 0 Å². The standard InChI is InChI=1S/C13H23ClO2Si/c1-3-15-17(16-4-2)13(14)9-12-8-10-5-6-11(12)7-10/h5-6,10-13,17H,3-4,7-9H2,1-2H3. The summed E-state index contributed by atoms with van der Waals surface area (Å²) in [7, 11) is -1.67. The summed E-state index contributed by atoms with van der Waals surface area (Å²) in [5.74, 6) is 2.37. The molecular weight excluding hydrogens is 252 g/mol. The van der Waals surface area contributed by atoms with Gasteiger partial charge >= 0.3 is 9.28 Å². The molecule has 2 aliphatic rings. The van der Waals surface area contributed by atoms with Crippen LogP contribution in [0.3, 0.4) is 0 Å². The molecule has 0 spiro atoms. The fourth-order valence-electron chi connectivity index (χ4n) is 3.15. The number of halogens is 1. The van der Waals surface area contributed by atoms with Crippen molar-refractivity contribution in [2.24, 2.45) is 17.8 Å². The molecule has 2 nitrogen and oxygen atoms in total. The average molecular weight is 275 g/mol. The molecule has 0 aromatic heterocycles. The molecule has 17 heavy (non-hydrogen) atoms. The summed E-state index contributed by atoms with van der Waals surface area (Å²) < 4.78 is 11.4. The highest BCUT2D eigenvalue weighted by Crippen LogP contribution is 2.45. The van der Waals surface area contributed by atoms with Crippen molar-refractivity contribution in [1.82, 2.24) is 0 Å². The maximum atomic E-state index is 6.51. The zero-order chi connectivity index (χ0) is 12.3. The van der Waals surface area contributed by atoms with Crippen molar-refractivity contribution in [3.63, 3.8) is 0 Å². The summed E-state index contributed by atoms with van der Waals surface area (Å²) in [5, 5.41) is 0.118. The lowest BCUT2D eigenvalue weighted by Gasteiger charge is -2.25. The first-order valence-corrected chi connectivity index (χ1v) is 8.84. The Morgan fingerprint density at radius 2 is 1.94 bits per heavy atom. The highest BCUT2D eigenvalue weighted by Gasteiger charge is 2.38. The molecule has 4 heteroatoms. The van der Waals surface area contributed by atoms with E-state index in [1.54, 1.807) is 0 Å². The van der Waals surface area contributed by atoms with Gasteiger partial charge in [-0.3, -0.25) is 0 Å². The highest BCUT2D eigenvalue weighted by molar-refractivity contribution is 6.59. The second-order valence-electron chi connectivity index (χ2n) is 5.07. The van der Waals surface area contributed by atoms with Gasteiger partial charge in [-0.25, -0.2) is 0 Å². The topological polar surface area (TPSA) is 18.5 Å². The van der Waals surface area contributed by atoms with Crippen LogP contribution in [0.25, 0.3) is 0 Å². The second-order valence-corrected chi connectivity index (χ2v) is 8.26. The van der Waals surface area contributed by atoms with Crippen molar-refractivity contribution in [2.75, 3.05) is 13.2 Å². The van der Waals surface area contributed by atoms with Crippen LogP contribution in [0.2, 0.25) is 0 Å². The molecule has 0 heterocycles. The van der Waals surface area contributed by atoms with Crippen molar-refractivity contribution in [2.45, 2.75) is 38.1 Å². The van der Waals surface area contributed by atoms with Crippen LogP contribution in [0.15, 0.2) is 12.2 Å². The summed E-state index contributed by atoms with van der Waals surface area (Å²) in [6.07, 6.45) is 8.52. The highest BCUT2D eigenvalue weighted by atomic mass is 35.5. The van der Waals surface area contributed by atoms with Crippen molar-refractivity contribution in [1.29, 1.82) is 0 Å². The monoisotopic (exact) mass is 274 g/mol. The number of allylic oxidation sites excluding steroid dienone is 2. The van der Waals surface area contributed by atoms with Gasteiger partial charge in [-0.2, -0.15) is 0 Å². The maximum Gasteiger partial charge on any atom is 0.339 e. The van der Waals surface area contributed by atoms with E-state index in [2.05, 4.69) is 12.2 Å². The Hall–Kier alpha value is 0.167. The lowest BCUT2D eigenvalue weighted by atomic mass is 9.91. The normalized spacial score (nSPS) is 32.6. The smallest absolute Gasteiger partial charge is 0.339 e. The minimum Gasteiger partial charge on any atom is -0.396 e. The second kappa shape index (κ2) is 6.37. The third-order valence-corrected chi connectivity index (χ3v) is 6.88. The van der Waals surface area contributed by atoms with Crippen LogP contribution in [0, 0.1) is 17.8 Å². The Kier molecular flexibility index (Phi) is 5.09. The SMILES string of the molecule is CCO[SiH](OCC)C(Cl)CC1CC2C=CC1C2. The van der Waals surface area contributed by atoms with Gasteiger partial charge in [0.25, 0.3) is 0 Å². The van der Waals surface area contributed by atoms with Crippen LogP contribution >= 0.6 is 11.6 Å². The van der Waals surface area contributed by atoms with E-state index in [1.165, 1.54) is 12.8 Å². The Morgan fingerprint density at radius 1 is 1.24 bits per heavy atom. The van der Waals surface area contributed by atoms with Crippen LogP contribution in [-0.2, 0) is 8.85 Å². The van der Waals surface area contributed by atoms with E-state index < -0.39 is 9.28 Å². The van der Waals surface area contributed by atoms with E-state index >= 15 is 0 Å². The Morgan fingerprint density at radius 3 is 2.41 bits per heavy atom. The van der Waals surface area contributed by atoms with Gasteiger partial charge in [0.1, 0.15) is 0 Å². The van der Waals surface area contributed by atoms with Gasteiger partial charge in [-0.1, -0.05) is 12.2 Å². The van der Waals surface area contributed by atoms with Gasteiger partial charge in [-0.15, -0.1) is 11.6 Å². The Labute approximate surface area is 111 Å². The predicted molar refractivity (Wildman–Crippen MR) is 73.5 cm³/mol. The molecule has 0 aromatic rings. The Bertz CT molecular complexity index is 266. The number of hydrogen-bond acceptors (Lipinski definition) is 2. The van der Waals surface area contributed by atoms with E-state index in [0.717, 1.165) is 37.4 Å². The zero-order valence-corrected chi connectivity index (χ0v) is 12.7. The molecule has 98 valence electrons. The maximum absolute atomic E-state index is 6.51. The number of rotatable bonds is 7. The molecule has 2 bridgehead atoms. The minimum absolute atomic E-state index is 0.118. The van der Waals surface area contributed by atoms with Gasteiger partial charge in [0.15, 0.2) is 0 Å². The minimum atomic E-state index is -1.67. The molecule has 0 saturated heterocycles. The summed E-state index contributed by atoms with van der Waals surface area (Å²) in [6.45, 7) is 5.47. The quantitative estimate of drug-likeness (QED) is 0.404. The van der Waals surface area contributed by atoms with Gasteiger partial charge < -0.3 is 8.85 Å². The van der Waals surface area contributed by atoms with Crippen LogP contribution in [0.1, 0.15) is 33.1 Å². The number of hydrogen-bond donors (Lipinski definition) is 0. The molecule has 2 aliphatic carbocycles. The van der Waals surface area contributed by atoms with Crippen molar-refractivity contribution >= 4 is 20.9 Å². The molecule has 4 atom stereocenters. The van der Waals surface area contributed by atoms with Crippen molar-refractivity contribution < 1.29 is 8.85 Å². The molecule has 0 aliphatic heterocycles. The number of fused-ring (bicyclic) bond motifs is 2.